The highest BCUT2D eigenvalue weighted by Gasteiger charge is 2.14. The summed E-state index contributed by atoms with van der Waals surface area (Å²) < 4.78 is 35.7. The maximum absolute atomic E-state index is 12.3. The normalized spacial score (nSPS) is 11.6. The van der Waals surface area contributed by atoms with Crippen LogP contribution in [-0.4, -0.2) is 28.9 Å². The van der Waals surface area contributed by atoms with Gasteiger partial charge in [-0.05, 0) is 70.7 Å². The van der Waals surface area contributed by atoms with E-state index in [-0.39, 0.29) is 4.90 Å². The van der Waals surface area contributed by atoms with Crippen LogP contribution in [0.15, 0.2) is 44.8 Å². The quantitative estimate of drug-likeness (QED) is 0.567. The molecule has 2 aromatic carbocycles. The van der Waals surface area contributed by atoms with Crippen molar-refractivity contribution in [1.82, 2.24) is 4.83 Å². The van der Waals surface area contributed by atoms with Gasteiger partial charge in [-0.1, -0.05) is 6.07 Å². The van der Waals surface area contributed by atoms with Crippen molar-refractivity contribution in [3.63, 3.8) is 0 Å². The topological polar surface area (TPSA) is 77.0 Å². The summed E-state index contributed by atoms with van der Waals surface area (Å²) in [5.41, 5.74) is 2.57. The average Bonchev–Trinajstić information content (AvgIpc) is 2.56. The van der Waals surface area contributed by atoms with Crippen LogP contribution in [0.2, 0.25) is 0 Å². The van der Waals surface area contributed by atoms with Gasteiger partial charge in [0.25, 0.3) is 10.0 Å². The maximum Gasteiger partial charge on any atom is 0.276 e. The molecule has 0 aliphatic heterocycles. The first-order valence-corrected chi connectivity index (χ1v) is 9.59. The van der Waals surface area contributed by atoms with E-state index in [9.17, 15) is 8.42 Å². The first-order chi connectivity index (χ1) is 11.8. The summed E-state index contributed by atoms with van der Waals surface area (Å²) in [6.45, 7) is 3.78. The molecule has 25 heavy (non-hydrogen) atoms. The third kappa shape index (κ3) is 4.52. The summed E-state index contributed by atoms with van der Waals surface area (Å²) in [6.07, 6.45) is 1.39. The van der Waals surface area contributed by atoms with Crippen LogP contribution in [-0.2, 0) is 10.0 Å². The van der Waals surface area contributed by atoms with E-state index in [0.29, 0.717) is 21.5 Å². The molecule has 0 unspecified atom stereocenters. The van der Waals surface area contributed by atoms with E-state index in [1.165, 1.54) is 20.4 Å². The SMILES string of the molecule is COc1cc(/C=N/NS(=O)(=O)c2ccc(C)c(C)c2)cc(Br)c1OC. The van der Waals surface area contributed by atoms with Crippen LogP contribution in [0.1, 0.15) is 16.7 Å². The molecule has 2 aromatic rings. The Morgan fingerprint density at radius 1 is 1.08 bits per heavy atom. The monoisotopic (exact) mass is 426 g/mol. The predicted molar refractivity (Wildman–Crippen MR) is 101 cm³/mol. The first-order valence-electron chi connectivity index (χ1n) is 7.32. The summed E-state index contributed by atoms with van der Waals surface area (Å²) >= 11 is 3.38. The third-order valence-electron chi connectivity index (χ3n) is 3.63. The van der Waals surface area contributed by atoms with Crippen molar-refractivity contribution in [1.29, 1.82) is 0 Å². The number of nitrogens with one attached hydrogen (secondary N) is 1. The van der Waals surface area contributed by atoms with Gasteiger partial charge in [-0.15, -0.1) is 0 Å². The van der Waals surface area contributed by atoms with Gasteiger partial charge in [0.15, 0.2) is 11.5 Å². The number of rotatable bonds is 6. The fraction of sp³-hybridized carbons (Fsp3) is 0.235. The lowest BCUT2D eigenvalue weighted by Crippen LogP contribution is -2.18. The minimum absolute atomic E-state index is 0.168. The lowest BCUT2D eigenvalue weighted by Gasteiger charge is -2.10. The zero-order chi connectivity index (χ0) is 18.6. The fourth-order valence-corrected chi connectivity index (χ4v) is 3.61. The van der Waals surface area contributed by atoms with Gasteiger partial charge >= 0.3 is 0 Å². The molecule has 0 atom stereocenters. The molecule has 0 heterocycles. The zero-order valence-electron chi connectivity index (χ0n) is 14.3. The van der Waals surface area contributed by atoms with Crippen molar-refractivity contribution in [2.75, 3.05) is 14.2 Å². The summed E-state index contributed by atoms with van der Waals surface area (Å²) in [4.78, 5) is 2.38. The van der Waals surface area contributed by atoms with Gasteiger partial charge in [0.2, 0.25) is 0 Å². The predicted octanol–water partition coefficient (Wildman–Crippen LogP) is 3.40. The Labute approximate surface area is 156 Å². The van der Waals surface area contributed by atoms with Gasteiger partial charge in [0, 0.05) is 0 Å². The van der Waals surface area contributed by atoms with Crippen molar-refractivity contribution in [2.45, 2.75) is 18.7 Å². The number of ether oxygens (including phenoxy) is 2. The van der Waals surface area contributed by atoms with Gasteiger partial charge in [-0.3, -0.25) is 0 Å². The number of benzene rings is 2. The smallest absolute Gasteiger partial charge is 0.276 e. The molecule has 0 aromatic heterocycles. The molecular formula is C17H19BrN2O4S. The minimum Gasteiger partial charge on any atom is -0.493 e. The molecule has 0 bridgehead atoms. The standard InChI is InChI=1S/C17H19BrN2O4S/c1-11-5-6-14(7-12(11)2)25(21,22)20-19-10-13-8-15(18)17(24-4)16(9-13)23-3/h5-10,20H,1-4H3/b19-10+. The molecule has 0 spiro atoms. The van der Waals surface area contributed by atoms with Crippen molar-refractivity contribution in [2.24, 2.45) is 5.10 Å². The van der Waals surface area contributed by atoms with E-state index in [4.69, 9.17) is 9.47 Å². The molecule has 0 amide bonds. The summed E-state index contributed by atoms with van der Waals surface area (Å²) in [7, 11) is -0.667. The Balaban J connectivity index is 2.22. The second-order valence-electron chi connectivity index (χ2n) is 5.34. The second kappa shape index (κ2) is 7.88. The number of hydrogen-bond acceptors (Lipinski definition) is 5. The highest BCUT2D eigenvalue weighted by Crippen LogP contribution is 2.35. The molecule has 1 N–H and O–H groups in total. The van der Waals surface area contributed by atoms with Crippen molar-refractivity contribution < 1.29 is 17.9 Å². The van der Waals surface area contributed by atoms with Gasteiger partial charge in [0.05, 0.1) is 29.8 Å². The largest absolute Gasteiger partial charge is 0.493 e. The molecule has 0 saturated heterocycles. The molecule has 134 valence electrons. The summed E-state index contributed by atoms with van der Waals surface area (Å²) in [5, 5.41) is 3.83. The van der Waals surface area contributed by atoms with Crippen LogP contribution >= 0.6 is 15.9 Å². The lowest BCUT2D eigenvalue weighted by molar-refractivity contribution is 0.353. The van der Waals surface area contributed by atoms with E-state index < -0.39 is 10.0 Å². The molecule has 0 radical (unpaired) electrons. The average molecular weight is 427 g/mol. The Morgan fingerprint density at radius 2 is 1.80 bits per heavy atom. The number of methoxy groups -OCH3 is 2. The van der Waals surface area contributed by atoms with Crippen LogP contribution in [0.4, 0.5) is 0 Å². The van der Waals surface area contributed by atoms with Crippen LogP contribution in [0, 0.1) is 13.8 Å². The van der Waals surface area contributed by atoms with Crippen LogP contribution < -0.4 is 14.3 Å². The fourth-order valence-electron chi connectivity index (χ4n) is 2.12. The van der Waals surface area contributed by atoms with Crippen LogP contribution in [0.25, 0.3) is 0 Å². The molecule has 0 aliphatic carbocycles. The Bertz CT molecular complexity index is 911. The highest BCUT2D eigenvalue weighted by atomic mass is 79.9. The number of hydrazone groups is 1. The van der Waals surface area contributed by atoms with E-state index in [0.717, 1.165) is 11.1 Å². The lowest BCUT2D eigenvalue weighted by atomic mass is 10.1. The molecule has 0 aliphatic rings. The molecule has 6 nitrogen and oxygen atoms in total. The van der Waals surface area contributed by atoms with E-state index in [1.807, 2.05) is 13.8 Å². The number of aryl methyl sites for hydroxylation is 2. The number of hydrogen-bond donors (Lipinski definition) is 1. The van der Waals surface area contributed by atoms with Gasteiger partial charge in [0.1, 0.15) is 0 Å². The molecule has 0 fully saturated rings. The van der Waals surface area contributed by atoms with Gasteiger partial charge < -0.3 is 9.47 Å². The third-order valence-corrected chi connectivity index (χ3v) is 5.44. The zero-order valence-corrected chi connectivity index (χ0v) is 16.7. The number of halogens is 1. The molecule has 2 rings (SSSR count). The molecular weight excluding hydrogens is 408 g/mol. The Morgan fingerprint density at radius 3 is 2.40 bits per heavy atom. The molecule has 8 heteroatoms. The Hall–Kier alpha value is -2.06. The van der Waals surface area contributed by atoms with Crippen LogP contribution in [0.3, 0.4) is 0 Å². The highest BCUT2D eigenvalue weighted by molar-refractivity contribution is 9.10. The van der Waals surface area contributed by atoms with E-state index in [1.54, 1.807) is 30.3 Å². The maximum atomic E-state index is 12.3. The van der Waals surface area contributed by atoms with Gasteiger partial charge in [-0.2, -0.15) is 13.5 Å². The van der Waals surface area contributed by atoms with Crippen molar-refractivity contribution >= 4 is 32.2 Å². The minimum atomic E-state index is -3.72. The summed E-state index contributed by atoms with van der Waals surface area (Å²) in [6, 6.07) is 8.36. The first kappa shape index (κ1) is 19.3. The van der Waals surface area contributed by atoms with Crippen molar-refractivity contribution in [3.05, 3.63) is 51.5 Å². The van der Waals surface area contributed by atoms with Crippen molar-refractivity contribution in [3.8, 4) is 11.5 Å². The number of sulfonamides is 1. The van der Waals surface area contributed by atoms with Crippen LogP contribution in [0.5, 0.6) is 11.5 Å². The second-order valence-corrected chi connectivity index (χ2v) is 7.85. The number of nitrogens with zero attached hydrogens (tertiary/aromatic N) is 1. The van der Waals surface area contributed by atoms with E-state index in [2.05, 4.69) is 25.9 Å². The van der Waals surface area contributed by atoms with E-state index >= 15 is 0 Å². The Kier molecular flexibility index (Phi) is 6.07. The summed E-state index contributed by atoms with van der Waals surface area (Å²) in [5.74, 6) is 1.06. The molecule has 0 saturated carbocycles. The van der Waals surface area contributed by atoms with Gasteiger partial charge in [-0.25, -0.2) is 4.83 Å².